The lowest BCUT2D eigenvalue weighted by Crippen LogP contribution is -2.46. The van der Waals surface area contributed by atoms with Crippen molar-refractivity contribution in [3.8, 4) is 0 Å². The van der Waals surface area contributed by atoms with Gasteiger partial charge >= 0.3 is 0 Å². The van der Waals surface area contributed by atoms with Crippen LogP contribution in [0.1, 0.15) is 0 Å². The van der Waals surface area contributed by atoms with Gasteiger partial charge in [0.1, 0.15) is 0 Å². The SMILES string of the molecule is O=C(Nc1ccsc1)C1CSCCN1. The normalized spacial score (nSPS) is 21.9. The topological polar surface area (TPSA) is 41.1 Å². The Morgan fingerprint density at radius 2 is 2.57 bits per heavy atom. The third-order valence-electron chi connectivity index (χ3n) is 2.03. The van der Waals surface area contributed by atoms with E-state index < -0.39 is 0 Å². The molecule has 3 nitrogen and oxygen atoms in total. The van der Waals surface area contributed by atoms with Crippen molar-refractivity contribution >= 4 is 34.7 Å². The van der Waals surface area contributed by atoms with Crippen molar-refractivity contribution < 1.29 is 4.79 Å². The summed E-state index contributed by atoms with van der Waals surface area (Å²) < 4.78 is 0. The average molecular weight is 228 g/mol. The Balaban J connectivity index is 1.88. The molecule has 0 saturated carbocycles. The molecule has 1 aromatic rings. The fourth-order valence-electron chi connectivity index (χ4n) is 1.30. The minimum absolute atomic E-state index is 0.0337. The second-order valence-electron chi connectivity index (χ2n) is 3.08. The number of thioether (sulfide) groups is 1. The summed E-state index contributed by atoms with van der Waals surface area (Å²) in [5.41, 5.74) is 0.900. The molecule has 1 saturated heterocycles. The zero-order valence-corrected chi connectivity index (χ0v) is 9.29. The first-order chi connectivity index (χ1) is 6.86. The minimum atomic E-state index is -0.0337. The summed E-state index contributed by atoms with van der Waals surface area (Å²) in [6, 6.07) is 1.88. The summed E-state index contributed by atoms with van der Waals surface area (Å²) in [4.78, 5) is 11.7. The molecule has 2 N–H and O–H groups in total. The number of thiophene rings is 1. The van der Waals surface area contributed by atoms with Crippen molar-refractivity contribution in [2.75, 3.05) is 23.4 Å². The summed E-state index contributed by atoms with van der Waals surface area (Å²) in [5.74, 6) is 2.05. The first-order valence-electron chi connectivity index (χ1n) is 4.50. The van der Waals surface area contributed by atoms with E-state index in [0.717, 1.165) is 23.7 Å². The molecule has 0 radical (unpaired) electrons. The summed E-state index contributed by atoms with van der Waals surface area (Å²) in [7, 11) is 0. The molecule has 0 bridgehead atoms. The Labute approximate surface area is 91.3 Å². The Hall–Kier alpha value is -0.520. The Kier molecular flexibility index (Phi) is 3.44. The van der Waals surface area contributed by atoms with Crippen molar-refractivity contribution in [2.24, 2.45) is 0 Å². The largest absolute Gasteiger partial charge is 0.324 e. The lowest BCUT2D eigenvalue weighted by molar-refractivity contribution is -0.117. The van der Waals surface area contributed by atoms with E-state index in [2.05, 4.69) is 10.6 Å². The average Bonchev–Trinajstić information content (AvgIpc) is 2.72. The van der Waals surface area contributed by atoms with Crippen LogP contribution < -0.4 is 10.6 Å². The minimum Gasteiger partial charge on any atom is -0.324 e. The van der Waals surface area contributed by atoms with Crippen LogP contribution in [0.5, 0.6) is 0 Å². The van der Waals surface area contributed by atoms with Crippen molar-refractivity contribution in [3.63, 3.8) is 0 Å². The first-order valence-corrected chi connectivity index (χ1v) is 6.60. The van der Waals surface area contributed by atoms with E-state index in [9.17, 15) is 4.79 Å². The van der Waals surface area contributed by atoms with Gasteiger partial charge in [0.2, 0.25) is 5.91 Å². The van der Waals surface area contributed by atoms with Crippen LogP contribution in [0.2, 0.25) is 0 Å². The molecule has 2 rings (SSSR count). The zero-order valence-electron chi connectivity index (χ0n) is 7.66. The summed E-state index contributed by atoms with van der Waals surface area (Å²) in [6.45, 7) is 0.923. The maximum absolute atomic E-state index is 11.7. The molecule has 14 heavy (non-hydrogen) atoms. The highest BCUT2D eigenvalue weighted by Gasteiger charge is 2.20. The van der Waals surface area contributed by atoms with Crippen LogP contribution in [-0.4, -0.2) is 30.0 Å². The summed E-state index contributed by atoms with van der Waals surface area (Å²) in [5, 5.41) is 9.98. The number of carbonyl (C=O) groups is 1. The first kappa shape index (κ1) is 10.0. The lowest BCUT2D eigenvalue weighted by atomic mass is 10.3. The van der Waals surface area contributed by atoms with Crippen molar-refractivity contribution in [2.45, 2.75) is 6.04 Å². The van der Waals surface area contributed by atoms with Crippen molar-refractivity contribution in [3.05, 3.63) is 16.8 Å². The molecular formula is C9H12N2OS2. The molecule has 1 aliphatic heterocycles. The number of rotatable bonds is 2. The van der Waals surface area contributed by atoms with E-state index >= 15 is 0 Å². The van der Waals surface area contributed by atoms with Crippen LogP contribution >= 0.6 is 23.1 Å². The van der Waals surface area contributed by atoms with Gasteiger partial charge in [0.25, 0.3) is 0 Å². The van der Waals surface area contributed by atoms with Gasteiger partial charge in [0.15, 0.2) is 0 Å². The lowest BCUT2D eigenvalue weighted by Gasteiger charge is -2.21. The quantitative estimate of drug-likeness (QED) is 0.804. The summed E-state index contributed by atoms with van der Waals surface area (Å²) >= 11 is 3.41. The molecule has 76 valence electrons. The van der Waals surface area contributed by atoms with Gasteiger partial charge in [-0.25, -0.2) is 0 Å². The number of anilines is 1. The monoisotopic (exact) mass is 228 g/mol. The molecule has 1 aliphatic rings. The molecule has 2 heterocycles. The third kappa shape index (κ3) is 2.50. The maximum atomic E-state index is 11.7. The fraction of sp³-hybridized carbons (Fsp3) is 0.444. The molecule has 1 amide bonds. The molecule has 1 unspecified atom stereocenters. The van der Waals surface area contributed by atoms with Gasteiger partial charge < -0.3 is 10.6 Å². The fourth-order valence-corrected chi connectivity index (χ4v) is 2.82. The standard InChI is InChI=1S/C9H12N2OS2/c12-9(8-6-14-4-2-10-8)11-7-1-3-13-5-7/h1,3,5,8,10H,2,4,6H2,(H,11,12). The number of hydrogen-bond acceptors (Lipinski definition) is 4. The van der Waals surface area contributed by atoms with Crippen molar-refractivity contribution in [1.29, 1.82) is 0 Å². The Morgan fingerprint density at radius 3 is 3.21 bits per heavy atom. The van der Waals surface area contributed by atoms with E-state index in [-0.39, 0.29) is 11.9 Å². The van der Waals surface area contributed by atoms with Gasteiger partial charge in [-0.3, -0.25) is 4.79 Å². The third-order valence-corrected chi connectivity index (χ3v) is 3.77. The predicted molar refractivity (Wildman–Crippen MR) is 62.1 cm³/mol. The van der Waals surface area contributed by atoms with Gasteiger partial charge in [-0.2, -0.15) is 23.1 Å². The van der Waals surface area contributed by atoms with Gasteiger partial charge in [-0.05, 0) is 11.4 Å². The smallest absolute Gasteiger partial charge is 0.242 e. The second kappa shape index (κ2) is 4.82. The van der Waals surface area contributed by atoms with E-state index in [1.807, 2.05) is 28.6 Å². The van der Waals surface area contributed by atoms with Crippen LogP contribution in [0.3, 0.4) is 0 Å². The van der Waals surface area contributed by atoms with Crippen LogP contribution in [-0.2, 0) is 4.79 Å². The molecule has 0 aliphatic carbocycles. The molecule has 1 fully saturated rings. The van der Waals surface area contributed by atoms with E-state index in [0.29, 0.717) is 0 Å². The van der Waals surface area contributed by atoms with Gasteiger partial charge in [-0.15, -0.1) is 0 Å². The Morgan fingerprint density at radius 1 is 1.64 bits per heavy atom. The number of amides is 1. The summed E-state index contributed by atoms with van der Waals surface area (Å²) in [6.07, 6.45) is 0. The zero-order chi connectivity index (χ0) is 9.80. The van der Waals surface area contributed by atoms with Crippen molar-refractivity contribution in [1.82, 2.24) is 5.32 Å². The molecule has 1 aromatic heterocycles. The molecule has 0 aromatic carbocycles. The molecule has 5 heteroatoms. The van der Waals surface area contributed by atoms with E-state index in [1.165, 1.54) is 0 Å². The van der Waals surface area contributed by atoms with Gasteiger partial charge in [0.05, 0.1) is 11.7 Å². The van der Waals surface area contributed by atoms with Crippen LogP contribution in [0, 0.1) is 0 Å². The van der Waals surface area contributed by atoms with Gasteiger partial charge in [-0.1, -0.05) is 0 Å². The van der Waals surface area contributed by atoms with Crippen LogP contribution in [0.25, 0.3) is 0 Å². The van der Waals surface area contributed by atoms with Crippen LogP contribution in [0.15, 0.2) is 16.8 Å². The number of carbonyl (C=O) groups excluding carboxylic acids is 1. The second-order valence-corrected chi connectivity index (χ2v) is 5.01. The number of nitrogens with one attached hydrogen (secondary N) is 2. The highest BCUT2D eigenvalue weighted by molar-refractivity contribution is 7.99. The van der Waals surface area contributed by atoms with Crippen LogP contribution in [0.4, 0.5) is 5.69 Å². The Bertz CT molecular complexity index is 294. The predicted octanol–water partition coefficient (Wildman–Crippen LogP) is 1.39. The maximum Gasteiger partial charge on any atom is 0.242 e. The number of hydrogen-bond donors (Lipinski definition) is 2. The molecule has 1 atom stereocenters. The van der Waals surface area contributed by atoms with E-state index in [1.54, 1.807) is 11.3 Å². The highest BCUT2D eigenvalue weighted by atomic mass is 32.2. The highest BCUT2D eigenvalue weighted by Crippen LogP contribution is 2.14. The van der Waals surface area contributed by atoms with Gasteiger partial charge in [0, 0.05) is 23.4 Å². The molecular weight excluding hydrogens is 216 g/mol. The molecule has 0 spiro atoms. The van der Waals surface area contributed by atoms with E-state index in [4.69, 9.17) is 0 Å².